The second kappa shape index (κ2) is 4.12. The minimum Gasteiger partial charge on any atom is -0.476 e. The molecule has 0 saturated heterocycles. The number of carboxylic acid groups (broad SMARTS) is 1. The number of fused-ring (bicyclic) bond motifs is 1. The zero-order valence-corrected chi connectivity index (χ0v) is 10.6. The Labute approximate surface area is 111 Å². The Kier molecular flexibility index (Phi) is 2.57. The molecule has 3 aromatic rings. The van der Waals surface area contributed by atoms with Crippen molar-refractivity contribution in [3.8, 4) is 10.6 Å². The van der Waals surface area contributed by atoms with E-state index in [-0.39, 0.29) is 5.69 Å². The molecule has 6 heteroatoms. The predicted molar refractivity (Wildman–Crippen MR) is 70.5 cm³/mol. The summed E-state index contributed by atoms with van der Waals surface area (Å²) in [5, 5.41) is 11.7. The number of nitrogens with zero attached hydrogens (tertiary/aromatic N) is 2. The fourth-order valence-corrected chi connectivity index (χ4v) is 2.68. The lowest BCUT2D eigenvalue weighted by Crippen LogP contribution is -2.02. The average molecular weight is 279 g/mol. The van der Waals surface area contributed by atoms with Crippen molar-refractivity contribution in [2.24, 2.45) is 0 Å². The smallest absolute Gasteiger partial charge is 0.355 e. The molecule has 0 aliphatic heterocycles. The zero-order chi connectivity index (χ0) is 12.7. The third kappa shape index (κ3) is 1.68. The van der Waals surface area contributed by atoms with Gasteiger partial charge in [-0.1, -0.05) is 17.7 Å². The number of thiophene rings is 1. The highest BCUT2D eigenvalue weighted by atomic mass is 35.5. The van der Waals surface area contributed by atoms with Gasteiger partial charge in [0.15, 0.2) is 5.69 Å². The van der Waals surface area contributed by atoms with Gasteiger partial charge in [0.05, 0.1) is 4.88 Å². The Morgan fingerprint density at radius 1 is 1.44 bits per heavy atom. The number of hydrogen-bond donors (Lipinski definition) is 1. The van der Waals surface area contributed by atoms with Crippen molar-refractivity contribution >= 4 is 34.6 Å². The highest BCUT2D eigenvalue weighted by molar-refractivity contribution is 7.13. The summed E-state index contributed by atoms with van der Waals surface area (Å²) >= 11 is 7.34. The third-order valence-corrected chi connectivity index (χ3v) is 3.66. The summed E-state index contributed by atoms with van der Waals surface area (Å²) in [6.45, 7) is 0. The van der Waals surface area contributed by atoms with Gasteiger partial charge in [0, 0.05) is 17.3 Å². The number of aromatic carboxylic acids is 1. The lowest BCUT2D eigenvalue weighted by Gasteiger charge is -1.98. The van der Waals surface area contributed by atoms with Crippen molar-refractivity contribution in [3.05, 3.63) is 46.6 Å². The van der Waals surface area contributed by atoms with Gasteiger partial charge in [-0.3, -0.25) is 4.40 Å². The molecule has 0 aromatic carbocycles. The molecule has 3 rings (SSSR count). The normalized spacial score (nSPS) is 10.9. The van der Waals surface area contributed by atoms with E-state index in [4.69, 9.17) is 11.6 Å². The Morgan fingerprint density at radius 3 is 2.94 bits per heavy atom. The van der Waals surface area contributed by atoms with Gasteiger partial charge in [-0.25, -0.2) is 9.78 Å². The maximum Gasteiger partial charge on any atom is 0.355 e. The molecule has 18 heavy (non-hydrogen) atoms. The molecule has 0 spiro atoms. The van der Waals surface area contributed by atoms with Gasteiger partial charge in [-0.2, -0.15) is 0 Å². The number of aromatic nitrogens is 2. The van der Waals surface area contributed by atoms with Gasteiger partial charge in [0.1, 0.15) is 11.3 Å². The van der Waals surface area contributed by atoms with Crippen molar-refractivity contribution in [2.75, 3.05) is 0 Å². The molecule has 0 bridgehead atoms. The standard InChI is InChI=1S/C12H7ClN2O2S/c13-7-3-4-15-9(6-7)14-10(11(15)12(16)17)8-2-1-5-18-8/h1-6H,(H,16,17). The van der Waals surface area contributed by atoms with Crippen LogP contribution in [0.15, 0.2) is 35.8 Å². The summed E-state index contributed by atoms with van der Waals surface area (Å²) in [6.07, 6.45) is 1.62. The van der Waals surface area contributed by atoms with E-state index in [0.717, 1.165) is 4.88 Å². The first-order valence-electron chi connectivity index (χ1n) is 5.11. The highest BCUT2D eigenvalue weighted by Crippen LogP contribution is 2.29. The SMILES string of the molecule is O=C(O)c1c(-c2cccs2)nc2cc(Cl)ccn12. The van der Waals surface area contributed by atoms with E-state index >= 15 is 0 Å². The highest BCUT2D eigenvalue weighted by Gasteiger charge is 2.20. The van der Waals surface area contributed by atoms with Crippen LogP contribution < -0.4 is 0 Å². The lowest BCUT2D eigenvalue weighted by atomic mass is 10.3. The first-order chi connectivity index (χ1) is 8.66. The van der Waals surface area contributed by atoms with Crippen molar-refractivity contribution in [3.63, 3.8) is 0 Å². The van der Waals surface area contributed by atoms with Crippen molar-refractivity contribution in [1.29, 1.82) is 0 Å². The summed E-state index contributed by atoms with van der Waals surface area (Å²) in [6, 6.07) is 7.00. The molecule has 4 nitrogen and oxygen atoms in total. The Hall–Kier alpha value is -1.85. The quantitative estimate of drug-likeness (QED) is 0.781. The van der Waals surface area contributed by atoms with Crippen LogP contribution >= 0.6 is 22.9 Å². The van der Waals surface area contributed by atoms with E-state index < -0.39 is 5.97 Å². The number of carboxylic acids is 1. The Bertz CT molecular complexity index is 734. The van der Waals surface area contributed by atoms with Gasteiger partial charge in [-0.05, 0) is 17.5 Å². The molecule has 90 valence electrons. The van der Waals surface area contributed by atoms with Crippen molar-refractivity contribution < 1.29 is 9.90 Å². The molecule has 0 amide bonds. The number of rotatable bonds is 2. The molecule has 0 fully saturated rings. The topological polar surface area (TPSA) is 54.6 Å². The molecule has 0 atom stereocenters. The van der Waals surface area contributed by atoms with Crippen LogP contribution in [0.1, 0.15) is 10.5 Å². The summed E-state index contributed by atoms with van der Waals surface area (Å²) in [7, 11) is 0. The first kappa shape index (κ1) is 11.3. The number of halogens is 1. The molecule has 0 aliphatic carbocycles. The van der Waals surface area contributed by atoms with Gasteiger partial charge in [0.2, 0.25) is 0 Å². The number of imidazole rings is 1. The third-order valence-electron chi connectivity index (χ3n) is 2.55. The molecule has 0 unspecified atom stereocenters. The van der Waals surface area contributed by atoms with Crippen LogP contribution in [-0.2, 0) is 0 Å². The fraction of sp³-hybridized carbons (Fsp3) is 0. The van der Waals surface area contributed by atoms with Crippen LogP contribution in [0.3, 0.4) is 0 Å². The van der Waals surface area contributed by atoms with E-state index in [2.05, 4.69) is 4.98 Å². The second-order valence-electron chi connectivity index (χ2n) is 3.66. The fourth-order valence-electron chi connectivity index (χ4n) is 1.81. The monoisotopic (exact) mass is 278 g/mol. The maximum atomic E-state index is 11.4. The molecular weight excluding hydrogens is 272 g/mol. The molecule has 1 N–H and O–H groups in total. The lowest BCUT2D eigenvalue weighted by molar-refractivity contribution is 0.0690. The summed E-state index contributed by atoms with van der Waals surface area (Å²) in [4.78, 5) is 16.6. The first-order valence-corrected chi connectivity index (χ1v) is 6.37. The van der Waals surface area contributed by atoms with E-state index in [1.165, 1.54) is 15.7 Å². The van der Waals surface area contributed by atoms with Crippen LogP contribution in [0.25, 0.3) is 16.2 Å². The van der Waals surface area contributed by atoms with Gasteiger partial charge < -0.3 is 5.11 Å². The van der Waals surface area contributed by atoms with Gasteiger partial charge in [0.25, 0.3) is 0 Å². The summed E-state index contributed by atoms with van der Waals surface area (Å²) in [5.41, 5.74) is 1.16. The second-order valence-corrected chi connectivity index (χ2v) is 5.05. The maximum absolute atomic E-state index is 11.4. The van der Waals surface area contributed by atoms with Crippen LogP contribution in [0.5, 0.6) is 0 Å². The number of carbonyl (C=O) groups is 1. The molecule has 0 saturated carbocycles. The zero-order valence-electron chi connectivity index (χ0n) is 9.00. The molecule has 3 aromatic heterocycles. The molecule has 3 heterocycles. The Balaban J connectivity index is 2.37. The Morgan fingerprint density at radius 2 is 2.28 bits per heavy atom. The van der Waals surface area contributed by atoms with Crippen LogP contribution in [-0.4, -0.2) is 20.5 Å². The van der Waals surface area contributed by atoms with Crippen LogP contribution in [0, 0.1) is 0 Å². The summed E-state index contributed by atoms with van der Waals surface area (Å²) in [5.74, 6) is -1.01. The number of pyridine rings is 1. The van der Waals surface area contributed by atoms with Gasteiger partial charge in [-0.15, -0.1) is 11.3 Å². The average Bonchev–Trinajstić information content (AvgIpc) is 2.93. The van der Waals surface area contributed by atoms with Crippen LogP contribution in [0.4, 0.5) is 0 Å². The number of hydrogen-bond acceptors (Lipinski definition) is 3. The van der Waals surface area contributed by atoms with E-state index in [0.29, 0.717) is 16.4 Å². The predicted octanol–water partition coefficient (Wildman–Crippen LogP) is 3.41. The van der Waals surface area contributed by atoms with E-state index in [1.807, 2.05) is 17.5 Å². The van der Waals surface area contributed by atoms with E-state index in [1.54, 1.807) is 18.3 Å². The van der Waals surface area contributed by atoms with Crippen molar-refractivity contribution in [2.45, 2.75) is 0 Å². The van der Waals surface area contributed by atoms with Gasteiger partial charge >= 0.3 is 5.97 Å². The molecule has 0 radical (unpaired) electrons. The molecular formula is C12H7ClN2O2S. The summed E-state index contributed by atoms with van der Waals surface area (Å²) < 4.78 is 1.53. The minimum absolute atomic E-state index is 0.157. The molecule has 0 aliphatic rings. The van der Waals surface area contributed by atoms with E-state index in [9.17, 15) is 9.90 Å². The van der Waals surface area contributed by atoms with Crippen molar-refractivity contribution in [1.82, 2.24) is 9.38 Å². The minimum atomic E-state index is -1.01. The largest absolute Gasteiger partial charge is 0.476 e. The van der Waals surface area contributed by atoms with Crippen LogP contribution in [0.2, 0.25) is 5.02 Å².